The highest BCUT2D eigenvalue weighted by Crippen LogP contribution is 2.50. The lowest BCUT2D eigenvalue weighted by molar-refractivity contribution is 0.269. The van der Waals surface area contributed by atoms with E-state index in [4.69, 9.17) is 26.1 Å². The van der Waals surface area contributed by atoms with Crippen LogP contribution in [0.2, 0.25) is 5.02 Å². The van der Waals surface area contributed by atoms with Gasteiger partial charge in [-0.15, -0.1) is 0 Å². The molecular weight excluding hydrogens is 516 g/mol. The molecule has 0 amide bonds. The van der Waals surface area contributed by atoms with Crippen LogP contribution in [0.4, 0.5) is 11.4 Å². The summed E-state index contributed by atoms with van der Waals surface area (Å²) in [4.78, 5) is 4.74. The van der Waals surface area contributed by atoms with Gasteiger partial charge in [-0.1, -0.05) is 65.7 Å². The Bertz CT molecular complexity index is 1540. The highest BCUT2D eigenvalue weighted by atomic mass is 35.5. The van der Waals surface area contributed by atoms with Crippen LogP contribution in [0.1, 0.15) is 53.1 Å². The van der Waals surface area contributed by atoms with E-state index in [0.29, 0.717) is 41.6 Å². The summed E-state index contributed by atoms with van der Waals surface area (Å²) in [5.41, 5.74) is 8.19. The number of nitrogens with one attached hydrogen (secondary N) is 1. The normalized spacial score (nSPS) is 19.2. The molecule has 4 aromatic rings. The van der Waals surface area contributed by atoms with E-state index in [9.17, 15) is 0 Å². The third kappa shape index (κ3) is 5.64. The predicted molar refractivity (Wildman–Crippen MR) is 165 cm³/mol. The third-order valence-corrected chi connectivity index (χ3v) is 7.96. The SMILES string of the molecule is CCOc1cc(C=Nc2ccc([C@@H]3Nc4ccc(C)cc4[C@H]4C=CC[C@@H]43)cc2)ccc1OCc1ccc(Cl)cc1. The van der Waals surface area contributed by atoms with E-state index in [1.165, 1.54) is 22.4 Å². The van der Waals surface area contributed by atoms with Crippen molar-refractivity contribution in [1.82, 2.24) is 0 Å². The highest BCUT2D eigenvalue weighted by Gasteiger charge is 2.37. The Morgan fingerprint density at radius 3 is 2.55 bits per heavy atom. The molecule has 0 bridgehead atoms. The van der Waals surface area contributed by atoms with Gasteiger partial charge in [0.1, 0.15) is 6.61 Å². The molecule has 0 fully saturated rings. The van der Waals surface area contributed by atoms with Gasteiger partial charge < -0.3 is 14.8 Å². The van der Waals surface area contributed by atoms with Crippen molar-refractivity contribution in [2.75, 3.05) is 11.9 Å². The number of aryl methyl sites for hydroxylation is 1. The van der Waals surface area contributed by atoms with Crippen molar-refractivity contribution in [3.05, 3.63) is 130 Å². The Hall–Kier alpha value is -4.02. The maximum Gasteiger partial charge on any atom is 0.161 e. The van der Waals surface area contributed by atoms with Gasteiger partial charge in [0.05, 0.1) is 18.3 Å². The van der Waals surface area contributed by atoms with E-state index in [-0.39, 0.29) is 6.04 Å². The minimum absolute atomic E-state index is 0.280. The number of fused-ring (bicyclic) bond motifs is 3. The van der Waals surface area contributed by atoms with E-state index in [2.05, 4.69) is 66.9 Å². The lowest BCUT2D eigenvalue weighted by Gasteiger charge is -2.37. The Kier molecular flexibility index (Phi) is 7.61. The molecule has 6 rings (SSSR count). The zero-order chi connectivity index (χ0) is 27.5. The largest absolute Gasteiger partial charge is 0.490 e. The van der Waals surface area contributed by atoms with Crippen LogP contribution in [0.5, 0.6) is 11.5 Å². The zero-order valence-corrected chi connectivity index (χ0v) is 23.6. The first-order valence-corrected chi connectivity index (χ1v) is 14.3. The van der Waals surface area contributed by atoms with Crippen molar-refractivity contribution in [2.24, 2.45) is 10.9 Å². The summed E-state index contributed by atoms with van der Waals surface area (Å²) < 4.78 is 11.9. The Labute approximate surface area is 241 Å². The van der Waals surface area contributed by atoms with Gasteiger partial charge in [-0.2, -0.15) is 0 Å². The number of nitrogens with zero attached hydrogens (tertiary/aromatic N) is 1. The summed E-state index contributed by atoms with van der Waals surface area (Å²) in [6, 6.07) is 29.2. The Morgan fingerprint density at radius 1 is 0.925 bits per heavy atom. The third-order valence-electron chi connectivity index (χ3n) is 7.71. The number of ether oxygens (including phenoxy) is 2. The number of allylic oxidation sites excluding steroid dienone is 2. The van der Waals surface area contributed by atoms with Crippen LogP contribution in [-0.2, 0) is 6.61 Å². The number of aliphatic imine (C=N–C) groups is 1. The number of anilines is 1. The molecule has 3 atom stereocenters. The van der Waals surface area contributed by atoms with Crippen molar-refractivity contribution in [3.63, 3.8) is 0 Å². The van der Waals surface area contributed by atoms with Gasteiger partial charge in [0.2, 0.25) is 0 Å². The number of hydrogen-bond acceptors (Lipinski definition) is 4. The van der Waals surface area contributed by atoms with Crippen LogP contribution in [0.25, 0.3) is 0 Å². The van der Waals surface area contributed by atoms with Gasteiger partial charge in [0.25, 0.3) is 0 Å². The van der Waals surface area contributed by atoms with Gasteiger partial charge in [0, 0.05) is 22.8 Å². The van der Waals surface area contributed by atoms with Crippen molar-refractivity contribution >= 4 is 29.2 Å². The van der Waals surface area contributed by atoms with E-state index < -0.39 is 0 Å². The quantitative estimate of drug-likeness (QED) is 0.176. The zero-order valence-electron chi connectivity index (χ0n) is 22.8. The van der Waals surface area contributed by atoms with Gasteiger partial charge in [-0.05, 0) is 97.0 Å². The molecule has 4 aromatic carbocycles. The molecule has 0 saturated carbocycles. The average Bonchev–Trinajstić information content (AvgIpc) is 3.47. The van der Waals surface area contributed by atoms with Crippen LogP contribution in [0.15, 0.2) is 102 Å². The summed E-state index contributed by atoms with van der Waals surface area (Å²) in [5.74, 6) is 2.40. The molecule has 5 heteroatoms. The first-order chi connectivity index (χ1) is 19.6. The van der Waals surface area contributed by atoms with Crippen LogP contribution < -0.4 is 14.8 Å². The fraction of sp³-hybridized carbons (Fsp3) is 0.229. The number of halogens is 1. The highest BCUT2D eigenvalue weighted by molar-refractivity contribution is 6.30. The monoisotopic (exact) mass is 548 g/mol. The smallest absolute Gasteiger partial charge is 0.161 e. The average molecular weight is 549 g/mol. The van der Waals surface area contributed by atoms with Crippen LogP contribution in [-0.4, -0.2) is 12.8 Å². The number of benzene rings is 4. The molecule has 1 aliphatic carbocycles. The van der Waals surface area contributed by atoms with Crippen LogP contribution >= 0.6 is 11.6 Å². The summed E-state index contributed by atoms with van der Waals surface area (Å²) in [6.07, 6.45) is 7.69. The van der Waals surface area contributed by atoms with Gasteiger partial charge in [0.15, 0.2) is 11.5 Å². The maximum atomic E-state index is 6.04. The lowest BCUT2D eigenvalue weighted by Crippen LogP contribution is -2.29. The molecule has 0 unspecified atom stereocenters. The lowest BCUT2D eigenvalue weighted by atomic mass is 9.76. The first kappa shape index (κ1) is 26.2. The van der Waals surface area contributed by atoms with Crippen molar-refractivity contribution in [3.8, 4) is 11.5 Å². The molecule has 0 spiro atoms. The van der Waals surface area contributed by atoms with Gasteiger partial charge in [-0.3, -0.25) is 4.99 Å². The standard InChI is InChI=1S/C35H33ClN2O2/c1-3-39-34-20-25(10-18-33(34)40-22-24-8-13-27(36)14-9-24)21-37-28-15-11-26(12-16-28)35-30-6-4-5-29(30)31-19-23(2)7-17-32(31)38-35/h4-5,7-21,29-30,35,38H,3,6,22H2,1-2H3/t29-,30-,35-/m0/s1. The molecule has 202 valence electrons. The summed E-state index contributed by atoms with van der Waals surface area (Å²) >= 11 is 5.99. The van der Waals surface area contributed by atoms with E-state index in [0.717, 1.165) is 23.2 Å². The molecule has 1 N–H and O–H groups in total. The van der Waals surface area contributed by atoms with E-state index in [1.807, 2.05) is 55.6 Å². The Morgan fingerprint density at radius 2 is 1.75 bits per heavy atom. The van der Waals surface area contributed by atoms with Crippen LogP contribution in [0.3, 0.4) is 0 Å². The van der Waals surface area contributed by atoms with Gasteiger partial charge >= 0.3 is 0 Å². The molecule has 0 radical (unpaired) electrons. The van der Waals surface area contributed by atoms with Crippen molar-refractivity contribution in [1.29, 1.82) is 0 Å². The second-order valence-corrected chi connectivity index (χ2v) is 10.9. The molecule has 1 aliphatic heterocycles. The molecule has 0 aromatic heterocycles. The molecular formula is C35H33ClN2O2. The summed E-state index contributed by atoms with van der Waals surface area (Å²) in [7, 11) is 0. The van der Waals surface area contributed by atoms with Crippen molar-refractivity contribution in [2.45, 2.75) is 38.8 Å². The molecule has 0 saturated heterocycles. The summed E-state index contributed by atoms with van der Waals surface area (Å²) in [6.45, 7) is 5.13. The van der Waals surface area contributed by atoms with Crippen LogP contribution in [0, 0.1) is 12.8 Å². The minimum atomic E-state index is 0.280. The molecule has 4 nitrogen and oxygen atoms in total. The number of rotatable bonds is 8. The van der Waals surface area contributed by atoms with E-state index in [1.54, 1.807) is 0 Å². The fourth-order valence-corrected chi connectivity index (χ4v) is 5.82. The van der Waals surface area contributed by atoms with Gasteiger partial charge in [-0.25, -0.2) is 0 Å². The summed E-state index contributed by atoms with van der Waals surface area (Å²) in [5, 5.41) is 4.54. The maximum absolute atomic E-state index is 6.04. The minimum Gasteiger partial charge on any atom is -0.490 e. The second kappa shape index (κ2) is 11.6. The molecule has 1 heterocycles. The fourth-order valence-electron chi connectivity index (χ4n) is 5.69. The Balaban J connectivity index is 1.15. The number of hydrogen-bond donors (Lipinski definition) is 1. The topological polar surface area (TPSA) is 42.8 Å². The van der Waals surface area contributed by atoms with Crippen molar-refractivity contribution < 1.29 is 9.47 Å². The molecule has 40 heavy (non-hydrogen) atoms. The first-order valence-electron chi connectivity index (χ1n) is 13.9. The second-order valence-electron chi connectivity index (χ2n) is 10.5. The molecule has 2 aliphatic rings. The van der Waals surface area contributed by atoms with E-state index >= 15 is 0 Å². The predicted octanol–water partition coefficient (Wildman–Crippen LogP) is 9.20.